The van der Waals surface area contributed by atoms with Crippen molar-refractivity contribution >= 4 is 5.91 Å². The van der Waals surface area contributed by atoms with E-state index in [4.69, 9.17) is 10.5 Å². The molecule has 112 valence electrons. The third-order valence-corrected chi connectivity index (χ3v) is 4.39. The number of ether oxygens (including phenoxy) is 1. The van der Waals surface area contributed by atoms with Crippen LogP contribution in [-0.4, -0.2) is 32.7 Å². The van der Waals surface area contributed by atoms with Gasteiger partial charge < -0.3 is 15.8 Å². The smallest absolute Gasteiger partial charge is 0.220 e. The Balaban J connectivity index is 2.14. The van der Waals surface area contributed by atoms with Gasteiger partial charge in [0.15, 0.2) is 0 Å². The summed E-state index contributed by atoms with van der Waals surface area (Å²) in [6, 6.07) is 0. The number of nitrogens with two attached hydrogens (primary N) is 1. The molecule has 1 aliphatic carbocycles. The summed E-state index contributed by atoms with van der Waals surface area (Å²) in [7, 11) is 1.73. The first-order chi connectivity index (χ1) is 9.15. The minimum atomic E-state index is 0.194. The highest BCUT2D eigenvalue weighted by Crippen LogP contribution is 2.48. The Hall–Kier alpha value is -0.610. The standard InChI is InChI=1S/C15H30N2O2/c1-3-13(6-10-16)4-5-14(18)17-12-15(7-8-15)9-11-19-2/h13H,3-12,16H2,1-2H3,(H,17,18). The van der Waals surface area contributed by atoms with Crippen LogP contribution in [-0.2, 0) is 9.53 Å². The molecule has 19 heavy (non-hydrogen) atoms. The molecule has 4 nitrogen and oxygen atoms in total. The van der Waals surface area contributed by atoms with Crippen LogP contribution in [0.1, 0.15) is 51.9 Å². The van der Waals surface area contributed by atoms with Gasteiger partial charge in [0.2, 0.25) is 5.91 Å². The van der Waals surface area contributed by atoms with Gasteiger partial charge in [-0.25, -0.2) is 0 Å². The van der Waals surface area contributed by atoms with E-state index in [2.05, 4.69) is 12.2 Å². The van der Waals surface area contributed by atoms with E-state index < -0.39 is 0 Å². The molecule has 0 aromatic heterocycles. The molecule has 0 radical (unpaired) electrons. The second-order valence-electron chi connectivity index (χ2n) is 5.91. The van der Waals surface area contributed by atoms with Gasteiger partial charge in [-0.1, -0.05) is 13.3 Å². The lowest BCUT2D eigenvalue weighted by molar-refractivity contribution is -0.121. The second kappa shape index (κ2) is 8.54. The van der Waals surface area contributed by atoms with Gasteiger partial charge in [-0.2, -0.15) is 0 Å². The first-order valence-corrected chi connectivity index (χ1v) is 7.61. The molecule has 1 fully saturated rings. The number of methoxy groups -OCH3 is 1. The maximum absolute atomic E-state index is 11.8. The maximum atomic E-state index is 11.8. The van der Waals surface area contributed by atoms with Crippen molar-refractivity contribution in [2.75, 3.05) is 26.8 Å². The largest absolute Gasteiger partial charge is 0.385 e. The summed E-state index contributed by atoms with van der Waals surface area (Å²) < 4.78 is 5.12. The molecule has 0 heterocycles. The fourth-order valence-electron chi connectivity index (χ4n) is 2.51. The molecular formula is C15H30N2O2. The Labute approximate surface area is 117 Å². The summed E-state index contributed by atoms with van der Waals surface area (Å²) in [6.45, 7) is 4.51. The minimum Gasteiger partial charge on any atom is -0.385 e. The molecule has 4 heteroatoms. The zero-order valence-electron chi connectivity index (χ0n) is 12.5. The number of rotatable bonds is 11. The quantitative estimate of drug-likeness (QED) is 0.604. The topological polar surface area (TPSA) is 64.4 Å². The van der Waals surface area contributed by atoms with Gasteiger partial charge in [0.1, 0.15) is 0 Å². The lowest BCUT2D eigenvalue weighted by Crippen LogP contribution is -2.31. The summed E-state index contributed by atoms with van der Waals surface area (Å²) in [5.74, 6) is 0.790. The van der Waals surface area contributed by atoms with Crippen molar-refractivity contribution in [3.05, 3.63) is 0 Å². The van der Waals surface area contributed by atoms with Crippen LogP contribution in [0.2, 0.25) is 0 Å². The normalized spacial score (nSPS) is 18.1. The van der Waals surface area contributed by atoms with Crippen molar-refractivity contribution in [1.82, 2.24) is 5.32 Å². The number of carbonyl (C=O) groups is 1. The van der Waals surface area contributed by atoms with Crippen molar-refractivity contribution < 1.29 is 9.53 Å². The van der Waals surface area contributed by atoms with Gasteiger partial charge in [-0.15, -0.1) is 0 Å². The summed E-state index contributed by atoms with van der Waals surface area (Å²) in [4.78, 5) is 11.8. The molecule has 0 aromatic carbocycles. The molecule has 1 saturated carbocycles. The van der Waals surface area contributed by atoms with E-state index in [0.717, 1.165) is 45.4 Å². The number of hydrogen-bond donors (Lipinski definition) is 2. The van der Waals surface area contributed by atoms with Crippen LogP contribution in [0.4, 0.5) is 0 Å². The Morgan fingerprint density at radius 1 is 1.42 bits per heavy atom. The molecule has 1 rings (SSSR count). The second-order valence-corrected chi connectivity index (χ2v) is 5.91. The Bertz CT molecular complexity index is 265. The highest BCUT2D eigenvalue weighted by molar-refractivity contribution is 5.75. The third-order valence-electron chi connectivity index (χ3n) is 4.39. The zero-order chi connectivity index (χ0) is 14.1. The fourth-order valence-corrected chi connectivity index (χ4v) is 2.51. The van der Waals surface area contributed by atoms with Crippen LogP contribution in [0.25, 0.3) is 0 Å². The first-order valence-electron chi connectivity index (χ1n) is 7.61. The fraction of sp³-hybridized carbons (Fsp3) is 0.933. The van der Waals surface area contributed by atoms with Gasteiger partial charge in [0.05, 0.1) is 0 Å². The molecule has 3 N–H and O–H groups in total. The molecule has 0 spiro atoms. The molecule has 0 saturated heterocycles. The molecule has 1 aliphatic rings. The van der Waals surface area contributed by atoms with Gasteiger partial charge in [-0.05, 0) is 50.0 Å². The average Bonchev–Trinajstić information content (AvgIpc) is 3.19. The SMILES string of the molecule is CCC(CCN)CCC(=O)NCC1(CCOC)CC1. The summed E-state index contributed by atoms with van der Waals surface area (Å²) in [5, 5.41) is 3.09. The lowest BCUT2D eigenvalue weighted by atomic mass is 9.96. The lowest BCUT2D eigenvalue weighted by Gasteiger charge is -2.17. The van der Waals surface area contributed by atoms with E-state index in [0.29, 0.717) is 17.8 Å². The number of carbonyl (C=O) groups excluding carboxylic acids is 1. The third kappa shape index (κ3) is 6.39. The molecule has 1 atom stereocenters. The molecule has 1 amide bonds. The van der Waals surface area contributed by atoms with E-state index in [-0.39, 0.29) is 5.91 Å². The molecule has 0 aromatic rings. The average molecular weight is 270 g/mol. The van der Waals surface area contributed by atoms with Gasteiger partial charge in [-0.3, -0.25) is 4.79 Å². The van der Waals surface area contributed by atoms with Crippen LogP contribution in [0.3, 0.4) is 0 Å². The first kappa shape index (κ1) is 16.4. The van der Waals surface area contributed by atoms with Crippen LogP contribution >= 0.6 is 0 Å². The van der Waals surface area contributed by atoms with Crippen LogP contribution in [0.5, 0.6) is 0 Å². The predicted octanol–water partition coefficient (Wildman–Crippen LogP) is 2.07. The molecule has 0 aliphatic heterocycles. The van der Waals surface area contributed by atoms with Crippen molar-refractivity contribution in [2.24, 2.45) is 17.1 Å². The maximum Gasteiger partial charge on any atom is 0.220 e. The Morgan fingerprint density at radius 2 is 2.16 bits per heavy atom. The summed E-state index contributed by atoms with van der Waals surface area (Å²) in [6.07, 6.45) is 7.25. The van der Waals surface area contributed by atoms with Crippen molar-refractivity contribution in [2.45, 2.75) is 51.9 Å². The van der Waals surface area contributed by atoms with Crippen molar-refractivity contribution in [1.29, 1.82) is 0 Å². The summed E-state index contributed by atoms with van der Waals surface area (Å²) >= 11 is 0. The van der Waals surface area contributed by atoms with Crippen molar-refractivity contribution in [3.8, 4) is 0 Å². The van der Waals surface area contributed by atoms with E-state index in [1.54, 1.807) is 7.11 Å². The van der Waals surface area contributed by atoms with E-state index in [1.807, 2.05) is 0 Å². The van der Waals surface area contributed by atoms with E-state index in [9.17, 15) is 4.79 Å². The van der Waals surface area contributed by atoms with Crippen LogP contribution in [0, 0.1) is 11.3 Å². The Morgan fingerprint density at radius 3 is 2.68 bits per heavy atom. The molecular weight excluding hydrogens is 240 g/mol. The number of amides is 1. The van der Waals surface area contributed by atoms with E-state index >= 15 is 0 Å². The van der Waals surface area contributed by atoms with Crippen LogP contribution in [0.15, 0.2) is 0 Å². The predicted molar refractivity (Wildman–Crippen MR) is 77.9 cm³/mol. The highest BCUT2D eigenvalue weighted by atomic mass is 16.5. The highest BCUT2D eigenvalue weighted by Gasteiger charge is 2.41. The minimum absolute atomic E-state index is 0.194. The van der Waals surface area contributed by atoms with Gasteiger partial charge in [0.25, 0.3) is 0 Å². The number of hydrogen-bond acceptors (Lipinski definition) is 3. The van der Waals surface area contributed by atoms with Gasteiger partial charge in [0, 0.05) is 26.7 Å². The van der Waals surface area contributed by atoms with Gasteiger partial charge >= 0.3 is 0 Å². The zero-order valence-corrected chi connectivity index (χ0v) is 12.5. The number of nitrogens with one attached hydrogen (secondary N) is 1. The molecule has 1 unspecified atom stereocenters. The Kier molecular flexibility index (Phi) is 7.39. The monoisotopic (exact) mass is 270 g/mol. The van der Waals surface area contributed by atoms with Crippen LogP contribution < -0.4 is 11.1 Å². The van der Waals surface area contributed by atoms with Crippen molar-refractivity contribution in [3.63, 3.8) is 0 Å². The molecule has 0 bridgehead atoms. The summed E-state index contributed by atoms with van der Waals surface area (Å²) in [5.41, 5.74) is 5.91. The van der Waals surface area contributed by atoms with E-state index in [1.165, 1.54) is 12.8 Å².